The van der Waals surface area contributed by atoms with Crippen molar-refractivity contribution in [3.63, 3.8) is 0 Å². The largest absolute Gasteiger partial charge is 0.507 e. The van der Waals surface area contributed by atoms with E-state index in [0.717, 1.165) is 0 Å². The Morgan fingerprint density at radius 3 is 2.87 bits per heavy atom. The molecule has 0 radical (unpaired) electrons. The smallest absolute Gasteiger partial charge is 0.179 e. The van der Waals surface area contributed by atoms with Gasteiger partial charge in [-0.1, -0.05) is 22.4 Å². The van der Waals surface area contributed by atoms with E-state index in [0.29, 0.717) is 16.9 Å². The highest BCUT2D eigenvalue weighted by molar-refractivity contribution is 5.88. The van der Waals surface area contributed by atoms with E-state index in [9.17, 15) is 5.11 Å². The minimum absolute atomic E-state index is 0.0850. The monoisotopic (exact) mass is 204 g/mol. The van der Waals surface area contributed by atoms with E-state index >= 15 is 0 Å². The fourth-order valence-corrected chi connectivity index (χ4v) is 1.27. The SMILES string of the molecule is ON=Cc1cnoc1-c1ccccc1O. The number of phenols is 1. The normalized spacial score (nSPS) is 10.9. The number of rotatable bonds is 2. The third kappa shape index (κ3) is 1.67. The lowest BCUT2D eigenvalue weighted by Gasteiger charge is -1.99. The van der Waals surface area contributed by atoms with Crippen LogP contribution in [-0.4, -0.2) is 21.7 Å². The van der Waals surface area contributed by atoms with Gasteiger partial charge in [0.2, 0.25) is 0 Å². The van der Waals surface area contributed by atoms with E-state index in [2.05, 4.69) is 10.3 Å². The van der Waals surface area contributed by atoms with E-state index in [1.165, 1.54) is 18.5 Å². The molecular weight excluding hydrogens is 196 g/mol. The molecule has 1 aromatic carbocycles. The lowest BCUT2D eigenvalue weighted by atomic mass is 10.1. The van der Waals surface area contributed by atoms with Crippen LogP contribution in [0.5, 0.6) is 5.75 Å². The number of nitrogens with zero attached hydrogens (tertiary/aromatic N) is 2. The van der Waals surface area contributed by atoms with Crippen molar-refractivity contribution in [2.45, 2.75) is 0 Å². The molecule has 5 nitrogen and oxygen atoms in total. The minimum Gasteiger partial charge on any atom is -0.507 e. The molecule has 0 spiro atoms. The quantitative estimate of drug-likeness (QED) is 0.444. The van der Waals surface area contributed by atoms with Gasteiger partial charge < -0.3 is 14.8 Å². The predicted octanol–water partition coefficient (Wildman–Crippen LogP) is 1.86. The van der Waals surface area contributed by atoms with Gasteiger partial charge in [-0.3, -0.25) is 0 Å². The molecule has 5 heteroatoms. The van der Waals surface area contributed by atoms with Crippen LogP contribution >= 0.6 is 0 Å². The number of benzene rings is 1. The molecule has 0 unspecified atom stereocenters. The molecule has 0 bridgehead atoms. The van der Waals surface area contributed by atoms with Crippen LogP contribution in [0.1, 0.15) is 5.56 Å². The second-order valence-electron chi connectivity index (χ2n) is 2.87. The average Bonchev–Trinajstić information content (AvgIpc) is 2.67. The summed E-state index contributed by atoms with van der Waals surface area (Å²) in [6.45, 7) is 0. The summed E-state index contributed by atoms with van der Waals surface area (Å²) in [6, 6.07) is 6.69. The van der Waals surface area contributed by atoms with Crippen LogP contribution in [0.2, 0.25) is 0 Å². The number of hydrogen-bond acceptors (Lipinski definition) is 5. The average molecular weight is 204 g/mol. The Kier molecular flexibility index (Phi) is 2.37. The fraction of sp³-hybridized carbons (Fsp3) is 0. The van der Waals surface area contributed by atoms with Crippen molar-refractivity contribution < 1.29 is 14.8 Å². The van der Waals surface area contributed by atoms with E-state index in [4.69, 9.17) is 9.73 Å². The van der Waals surface area contributed by atoms with Crippen LogP contribution < -0.4 is 0 Å². The maximum Gasteiger partial charge on any atom is 0.179 e. The molecule has 0 amide bonds. The standard InChI is InChI=1S/C10H8N2O3/c13-9-4-2-1-3-8(9)10-7(5-11-14)6-12-15-10/h1-6,13-14H. The first-order valence-electron chi connectivity index (χ1n) is 4.23. The van der Waals surface area contributed by atoms with E-state index in [-0.39, 0.29) is 5.75 Å². The number of oxime groups is 1. The van der Waals surface area contributed by atoms with Gasteiger partial charge in [-0.15, -0.1) is 0 Å². The van der Waals surface area contributed by atoms with Crippen molar-refractivity contribution in [1.29, 1.82) is 0 Å². The van der Waals surface area contributed by atoms with Gasteiger partial charge in [0.05, 0.1) is 23.5 Å². The molecule has 2 N–H and O–H groups in total. The summed E-state index contributed by atoms with van der Waals surface area (Å²) in [6.07, 6.45) is 2.60. The van der Waals surface area contributed by atoms with Gasteiger partial charge in [0.15, 0.2) is 5.76 Å². The number of aromatic hydroxyl groups is 1. The summed E-state index contributed by atoms with van der Waals surface area (Å²) in [5.74, 6) is 0.452. The molecule has 1 heterocycles. The molecule has 2 aromatic rings. The topological polar surface area (TPSA) is 78.9 Å². The summed E-state index contributed by atoms with van der Waals surface area (Å²) in [7, 11) is 0. The second-order valence-corrected chi connectivity index (χ2v) is 2.87. The molecule has 15 heavy (non-hydrogen) atoms. The van der Waals surface area contributed by atoms with Gasteiger partial charge in [0, 0.05) is 0 Å². The molecule has 0 saturated carbocycles. The van der Waals surface area contributed by atoms with E-state index in [1.807, 2.05) is 0 Å². The molecule has 0 aliphatic carbocycles. The van der Waals surface area contributed by atoms with Crippen LogP contribution in [0.4, 0.5) is 0 Å². The number of hydrogen-bond donors (Lipinski definition) is 2. The zero-order chi connectivity index (χ0) is 10.7. The third-order valence-electron chi connectivity index (χ3n) is 1.94. The van der Waals surface area contributed by atoms with Crippen molar-refractivity contribution in [2.24, 2.45) is 5.16 Å². The highest BCUT2D eigenvalue weighted by Crippen LogP contribution is 2.30. The zero-order valence-electron chi connectivity index (χ0n) is 7.66. The van der Waals surface area contributed by atoms with Crippen LogP contribution in [-0.2, 0) is 0 Å². The van der Waals surface area contributed by atoms with Crippen molar-refractivity contribution in [1.82, 2.24) is 5.16 Å². The highest BCUT2D eigenvalue weighted by Gasteiger charge is 2.12. The van der Waals surface area contributed by atoms with Crippen LogP contribution in [0.3, 0.4) is 0 Å². The van der Waals surface area contributed by atoms with E-state index < -0.39 is 0 Å². The first kappa shape index (κ1) is 9.26. The summed E-state index contributed by atoms with van der Waals surface area (Å²) < 4.78 is 4.97. The van der Waals surface area contributed by atoms with Crippen LogP contribution in [0, 0.1) is 0 Å². The Hall–Kier alpha value is -2.30. The first-order valence-corrected chi connectivity index (χ1v) is 4.23. The lowest BCUT2D eigenvalue weighted by molar-refractivity contribution is 0.322. The van der Waals surface area contributed by atoms with Gasteiger partial charge >= 0.3 is 0 Å². The molecule has 0 aliphatic heterocycles. The van der Waals surface area contributed by atoms with Crippen molar-refractivity contribution in [3.8, 4) is 17.1 Å². The minimum atomic E-state index is 0.0850. The van der Waals surface area contributed by atoms with Gasteiger partial charge in [0.25, 0.3) is 0 Å². The first-order chi connectivity index (χ1) is 7.33. The Labute approximate surface area is 85.3 Å². The molecule has 0 aliphatic rings. The van der Waals surface area contributed by atoms with Gasteiger partial charge in [0.1, 0.15) is 5.75 Å². The second kappa shape index (κ2) is 3.83. The van der Waals surface area contributed by atoms with Crippen molar-refractivity contribution in [2.75, 3.05) is 0 Å². The van der Waals surface area contributed by atoms with E-state index in [1.54, 1.807) is 18.2 Å². The lowest BCUT2D eigenvalue weighted by Crippen LogP contribution is -1.83. The molecule has 2 rings (SSSR count). The Bertz CT molecular complexity index is 491. The molecule has 0 fully saturated rings. The molecule has 0 saturated heterocycles. The molecule has 0 atom stereocenters. The Morgan fingerprint density at radius 1 is 1.33 bits per heavy atom. The van der Waals surface area contributed by atoms with Gasteiger partial charge in [-0.2, -0.15) is 0 Å². The van der Waals surface area contributed by atoms with Crippen LogP contribution in [0.15, 0.2) is 40.1 Å². The zero-order valence-corrected chi connectivity index (χ0v) is 7.66. The third-order valence-corrected chi connectivity index (χ3v) is 1.94. The van der Waals surface area contributed by atoms with Crippen molar-refractivity contribution in [3.05, 3.63) is 36.0 Å². The maximum atomic E-state index is 9.58. The predicted molar refractivity (Wildman–Crippen MR) is 53.0 cm³/mol. The number of phenolic OH excluding ortho intramolecular Hbond substituents is 1. The number of aromatic nitrogens is 1. The van der Waals surface area contributed by atoms with Crippen LogP contribution in [0.25, 0.3) is 11.3 Å². The highest BCUT2D eigenvalue weighted by atomic mass is 16.5. The molecular formula is C10H8N2O3. The molecule has 1 aromatic heterocycles. The summed E-state index contributed by atoms with van der Waals surface area (Å²) >= 11 is 0. The van der Waals surface area contributed by atoms with Crippen molar-refractivity contribution >= 4 is 6.21 Å². The van der Waals surface area contributed by atoms with Gasteiger partial charge in [-0.05, 0) is 12.1 Å². The molecule has 76 valence electrons. The Morgan fingerprint density at radius 2 is 2.13 bits per heavy atom. The summed E-state index contributed by atoms with van der Waals surface area (Å²) in [5, 5.41) is 24.5. The fourth-order valence-electron chi connectivity index (χ4n) is 1.27. The van der Waals surface area contributed by atoms with Gasteiger partial charge in [-0.25, -0.2) is 0 Å². The number of para-hydroxylation sites is 1. The summed E-state index contributed by atoms with van der Waals surface area (Å²) in [5.41, 5.74) is 1.00. The summed E-state index contributed by atoms with van der Waals surface area (Å²) in [4.78, 5) is 0. The maximum absolute atomic E-state index is 9.58. The Balaban J connectivity index is 2.54.